The van der Waals surface area contributed by atoms with Gasteiger partial charge in [-0.2, -0.15) is 0 Å². The molecule has 2 aromatic heterocycles. The third kappa shape index (κ3) is 2.44. The van der Waals surface area contributed by atoms with Crippen molar-refractivity contribution < 1.29 is 0 Å². The van der Waals surface area contributed by atoms with E-state index in [2.05, 4.69) is 11.1 Å². The summed E-state index contributed by atoms with van der Waals surface area (Å²) < 4.78 is 0. The molecule has 3 rings (SSSR count). The molecule has 1 aliphatic carbocycles. The van der Waals surface area contributed by atoms with Crippen LogP contribution in [0.1, 0.15) is 39.2 Å². The summed E-state index contributed by atoms with van der Waals surface area (Å²) in [5, 5.41) is 3.16. The van der Waals surface area contributed by atoms with E-state index < -0.39 is 0 Å². The fraction of sp³-hybridized carbons (Fsp3) is 0.462. The molecule has 0 aromatic carbocycles. The smallest absolute Gasteiger partial charge is 0.0944 e. The molecule has 4 heteroatoms. The third-order valence-corrected chi connectivity index (χ3v) is 5.43. The number of fused-ring (bicyclic) bond motifs is 1. The van der Waals surface area contributed by atoms with E-state index in [0.29, 0.717) is 0 Å². The monoisotopic (exact) mass is 264 g/mol. The summed E-state index contributed by atoms with van der Waals surface area (Å²) in [6.45, 7) is 0. The van der Waals surface area contributed by atoms with Crippen LogP contribution in [0.25, 0.3) is 0 Å². The lowest BCUT2D eigenvalue weighted by Gasteiger charge is -2.08. The van der Waals surface area contributed by atoms with Crippen molar-refractivity contribution in [2.45, 2.75) is 38.1 Å². The first-order chi connectivity index (χ1) is 8.33. The second kappa shape index (κ2) is 4.88. The van der Waals surface area contributed by atoms with Gasteiger partial charge in [0, 0.05) is 33.8 Å². The van der Waals surface area contributed by atoms with E-state index in [1.165, 1.54) is 30.6 Å². The minimum absolute atomic E-state index is 0.122. The maximum atomic E-state index is 6.28. The van der Waals surface area contributed by atoms with Crippen molar-refractivity contribution in [1.82, 2.24) is 4.98 Å². The second-order valence-corrected chi connectivity index (χ2v) is 6.69. The van der Waals surface area contributed by atoms with E-state index in [-0.39, 0.29) is 6.04 Å². The molecule has 2 nitrogen and oxygen atoms in total. The van der Waals surface area contributed by atoms with Gasteiger partial charge in [0.15, 0.2) is 0 Å². The van der Waals surface area contributed by atoms with Crippen LogP contribution in [-0.2, 0) is 19.3 Å². The van der Waals surface area contributed by atoms with Crippen molar-refractivity contribution in [3.8, 4) is 0 Å². The number of hydrogen-bond donors (Lipinski definition) is 1. The van der Waals surface area contributed by atoms with Crippen molar-refractivity contribution in [2.24, 2.45) is 5.73 Å². The number of nitrogens with two attached hydrogens (primary N) is 1. The zero-order valence-corrected chi connectivity index (χ0v) is 11.3. The predicted octanol–water partition coefficient (Wildman–Crippen LogP) is 3.33. The average Bonchev–Trinajstić information content (AvgIpc) is 2.96. The summed E-state index contributed by atoms with van der Waals surface area (Å²) in [6.07, 6.45) is 7.91. The Morgan fingerprint density at radius 3 is 3.00 bits per heavy atom. The van der Waals surface area contributed by atoms with Crippen LogP contribution in [0.15, 0.2) is 17.6 Å². The first kappa shape index (κ1) is 11.4. The standard InChI is InChI=1S/C13H16N2S2/c14-10(8-13-15-5-6-16-13)12-7-9-3-1-2-4-11(9)17-12/h5-7,10H,1-4,8,14H2. The van der Waals surface area contributed by atoms with E-state index in [4.69, 9.17) is 5.73 Å². The van der Waals surface area contributed by atoms with Gasteiger partial charge in [-0.3, -0.25) is 0 Å². The fourth-order valence-corrected chi connectivity index (χ4v) is 4.27. The first-order valence-corrected chi connectivity index (χ1v) is 7.78. The van der Waals surface area contributed by atoms with Gasteiger partial charge in [-0.25, -0.2) is 4.98 Å². The topological polar surface area (TPSA) is 38.9 Å². The Bertz CT molecular complexity index is 464. The molecule has 0 fully saturated rings. The zero-order valence-electron chi connectivity index (χ0n) is 9.69. The Balaban J connectivity index is 1.77. The van der Waals surface area contributed by atoms with Gasteiger partial charge < -0.3 is 5.73 Å². The Kier molecular flexibility index (Phi) is 3.27. The molecule has 2 aromatic rings. The molecule has 0 saturated carbocycles. The highest BCUT2D eigenvalue weighted by Gasteiger charge is 2.17. The van der Waals surface area contributed by atoms with E-state index in [1.807, 2.05) is 22.9 Å². The average molecular weight is 264 g/mol. The Labute approximate surface area is 110 Å². The summed E-state index contributed by atoms with van der Waals surface area (Å²) in [5.74, 6) is 0. The molecule has 0 spiro atoms. The SMILES string of the molecule is NC(Cc1nccs1)c1cc2c(s1)CCCC2. The van der Waals surface area contributed by atoms with Crippen molar-refractivity contribution in [3.63, 3.8) is 0 Å². The molecule has 90 valence electrons. The highest BCUT2D eigenvalue weighted by atomic mass is 32.1. The van der Waals surface area contributed by atoms with Crippen molar-refractivity contribution >= 4 is 22.7 Å². The number of hydrogen-bond acceptors (Lipinski definition) is 4. The van der Waals surface area contributed by atoms with Crippen LogP contribution in [0.5, 0.6) is 0 Å². The highest BCUT2D eigenvalue weighted by Crippen LogP contribution is 2.33. The number of thiophene rings is 1. The lowest BCUT2D eigenvalue weighted by molar-refractivity contribution is 0.695. The summed E-state index contributed by atoms with van der Waals surface area (Å²) in [5.41, 5.74) is 7.82. The summed E-state index contributed by atoms with van der Waals surface area (Å²) in [7, 11) is 0. The molecule has 0 radical (unpaired) electrons. The maximum absolute atomic E-state index is 6.28. The van der Waals surface area contributed by atoms with Crippen molar-refractivity contribution in [3.05, 3.63) is 38.0 Å². The molecule has 1 aliphatic rings. The fourth-order valence-electron chi connectivity index (χ4n) is 2.34. The molecule has 1 unspecified atom stereocenters. The number of aryl methyl sites for hydroxylation is 2. The Morgan fingerprint density at radius 2 is 2.24 bits per heavy atom. The molecule has 2 N–H and O–H groups in total. The minimum Gasteiger partial charge on any atom is -0.323 e. The normalized spacial score (nSPS) is 16.8. The third-order valence-electron chi connectivity index (χ3n) is 3.26. The molecular formula is C13H16N2S2. The molecule has 1 atom stereocenters. The van der Waals surface area contributed by atoms with Crippen molar-refractivity contribution in [1.29, 1.82) is 0 Å². The lowest BCUT2D eigenvalue weighted by Crippen LogP contribution is -2.11. The quantitative estimate of drug-likeness (QED) is 0.923. The van der Waals surface area contributed by atoms with Crippen LogP contribution in [-0.4, -0.2) is 4.98 Å². The Hall–Kier alpha value is -0.710. The van der Waals surface area contributed by atoms with Crippen LogP contribution >= 0.6 is 22.7 Å². The van der Waals surface area contributed by atoms with E-state index >= 15 is 0 Å². The van der Waals surface area contributed by atoms with Crippen LogP contribution in [0.4, 0.5) is 0 Å². The van der Waals surface area contributed by atoms with E-state index in [0.717, 1.165) is 11.4 Å². The van der Waals surface area contributed by atoms with E-state index in [9.17, 15) is 0 Å². The number of aromatic nitrogens is 1. The first-order valence-electron chi connectivity index (χ1n) is 6.08. The lowest BCUT2D eigenvalue weighted by atomic mass is 9.98. The predicted molar refractivity (Wildman–Crippen MR) is 73.7 cm³/mol. The molecular weight excluding hydrogens is 248 g/mol. The summed E-state index contributed by atoms with van der Waals surface area (Å²) in [4.78, 5) is 7.22. The van der Waals surface area contributed by atoms with Gasteiger partial charge >= 0.3 is 0 Å². The van der Waals surface area contributed by atoms with E-state index in [1.54, 1.807) is 21.8 Å². The molecule has 2 heterocycles. The summed E-state index contributed by atoms with van der Waals surface area (Å²) >= 11 is 3.61. The zero-order chi connectivity index (χ0) is 11.7. The van der Waals surface area contributed by atoms with Gasteiger partial charge in [0.2, 0.25) is 0 Å². The van der Waals surface area contributed by atoms with Crippen LogP contribution < -0.4 is 5.73 Å². The van der Waals surface area contributed by atoms with Gasteiger partial charge in [0.05, 0.1) is 5.01 Å². The van der Waals surface area contributed by atoms with Gasteiger partial charge in [0.1, 0.15) is 0 Å². The number of rotatable bonds is 3. The van der Waals surface area contributed by atoms with Crippen LogP contribution in [0.2, 0.25) is 0 Å². The molecule has 0 amide bonds. The largest absolute Gasteiger partial charge is 0.323 e. The maximum Gasteiger partial charge on any atom is 0.0944 e. The second-order valence-electron chi connectivity index (χ2n) is 4.54. The molecule has 0 saturated heterocycles. The summed E-state index contributed by atoms with van der Waals surface area (Å²) in [6, 6.07) is 2.45. The number of thiazole rings is 1. The van der Waals surface area contributed by atoms with Crippen molar-refractivity contribution in [2.75, 3.05) is 0 Å². The highest BCUT2D eigenvalue weighted by molar-refractivity contribution is 7.12. The van der Waals surface area contributed by atoms with Gasteiger partial charge in [0.25, 0.3) is 0 Å². The van der Waals surface area contributed by atoms with Gasteiger partial charge in [-0.15, -0.1) is 22.7 Å². The van der Waals surface area contributed by atoms with Gasteiger partial charge in [-0.05, 0) is 37.3 Å². The molecule has 17 heavy (non-hydrogen) atoms. The molecule has 0 aliphatic heterocycles. The Morgan fingerprint density at radius 1 is 1.35 bits per heavy atom. The van der Waals surface area contributed by atoms with Crippen LogP contribution in [0.3, 0.4) is 0 Å². The van der Waals surface area contributed by atoms with Gasteiger partial charge in [-0.1, -0.05) is 0 Å². The number of nitrogens with zero attached hydrogens (tertiary/aromatic N) is 1. The minimum atomic E-state index is 0.122. The van der Waals surface area contributed by atoms with Crippen LogP contribution in [0, 0.1) is 0 Å². The molecule has 0 bridgehead atoms.